The molecule has 0 aliphatic carbocycles. The zero-order valence-electron chi connectivity index (χ0n) is 8.64. The zero-order chi connectivity index (χ0) is 9.15. The summed E-state index contributed by atoms with van der Waals surface area (Å²) in [7, 11) is 0. The van der Waals surface area contributed by atoms with E-state index in [1.165, 1.54) is 50.8 Å². The van der Waals surface area contributed by atoms with Gasteiger partial charge >= 0.3 is 0 Å². The average molecular weight is 199 g/mol. The summed E-state index contributed by atoms with van der Waals surface area (Å²) in [6.07, 6.45) is 8.52. The van der Waals surface area contributed by atoms with E-state index in [-0.39, 0.29) is 0 Å². The van der Waals surface area contributed by atoms with Gasteiger partial charge in [-0.3, -0.25) is 0 Å². The summed E-state index contributed by atoms with van der Waals surface area (Å²) in [6, 6.07) is 0.794. The van der Waals surface area contributed by atoms with Gasteiger partial charge in [0.05, 0.1) is 0 Å². The Morgan fingerprint density at radius 2 is 2.15 bits per heavy atom. The van der Waals surface area contributed by atoms with Crippen molar-refractivity contribution in [2.24, 2.45) is 0 Å². The van der Waals surface area contributed by atoms with Crippen LogP contribution in [0.15, 0.2) is 0 Å². The Kier molecular flexibility index (Phi) is 3.20. The van der Waals surface area contributed by atoms with E-state index < -0.39 is 0 Å². The Labute approximate surface area is 86.0 Å². The summed E-state index contributed by atoms with van der Waals surface area (Å²) in [6.45, 7) is 3.72. The minimum atomic E-state index is 0.560. The van der Waals surface area contributed by atoms with Gasteiger partial charge in [-0.1, -0.05) is 12.8 Å². The second kappa shape index (κ2) is 4.22. The van der Waals surface area contributed by atoms with Crippen molar-refractivity contribution in [1.82, 2.24) is 5.32 Å². The van der Waals surface area contributed by atoms with E-state index in [1.54, 1.807) is 0 Å². The van der Waals surface area contributed by atoms with Crippen molar-refractivity contribution in [1.29, 1.82) is 0 Å². The molecule has 0 amide bonds. The molecule has 2 unspecified atom stereocenters. The Balaban J connectivity index is 1.96. The first kappa shape index (κ1) is 9.85. The maximum atomic E-state index is 3.74. The van der Waals surface area contributed by atoms with Gasteiger partial charge in [-0.15, -0.1) is 0 Å². The molecule has 2 heteroatoms. The van der Waals surface area contributed by atoms with Crippen LogP contribution in [0.4, 0.5) is 0 Å². The standard InChI is InChI=1S/C11H21NS/c1-11(7-5-9-13-11)10-6-3-2-4-8-12-10/h10,12H,2-9H2,1H3. The minimum absolute atomic E-state index is 0.560. The van der Waals surface area contributed by atoms with Gasteiger partial charge in [-0.05, 0) is 44.9 Å². The fourth-order valence-corrected chi connectivity index (χ4v) is 4.07. The molecule has 2 aliphatic heterocycles. The van der Waals surface area contributed by atoms with Crippen molar-refractivity contribution >= 4 is 11.8 Å². The highest BCUT2D eigenvalue weighted by atomic mass is 32.2. The summed E-state index contributed by atoms with van der Waals surface area (Å²) < 4.78 is 0.560. The molecule has 2 heterocycles. The van der Waals surface area contributed by atoms with Crippen LogP contribution in [-0.4, -0.2) is 23.1 Å². The molecule has 0 radical (unpaired) electrons. The number of hydrogen-bond donors (Lipinski definition) is 1. The first-order valence-electron chi connectivity index (χ1n) is 5.69. The minimum Gasteiger partial charge on any atom is -0.313 e. The number of rotatable bonds is 1. The predicted molar refractivity (Wildman–Crippen MR) is 60.4 cm³/mol. The highest BCUT2D eigenvalue weighted by molar-refractivity contribution is 8.00. The lowest BCUT2D eigenvalue weighted by atomic mass is 9.93. The predicted octanol–water partition coefficient (Wildman–Crippen LogP) is 2.80. The van der Waals surface area contributed by atoms with E-state index in [1.807, 2.05) is 0 Å². The van der Waals surface area contributed by atoms with E-state index >= 15 is 0 Å². The van der Waals surface area contributed by atoms with Crippen LogP contribution in [-0.2, 0) is 0 Å². The van der Waals surface area contributed by atoms with Gasteiger partial charge < -0.3 is 5.32 Å². The van der Waals surface area contributed by atoms with Gasteiger partial charge in [0.15, 0.2) is 0 Å². The van der Waals surface area contributed by atoms with E-state index in [4.69, 9.17) is 0 Å². The molecule has 13 heavy (non-hydrogen) atoms. The molecule has 2 saturated heterocycles. The van der Waals surface area contributed by atoms with Gasteiger partial charge in [0, 0.05) is 10.8 Å². The third-order valence-corrected chi connectivity index (χ3v) is 5.19. The molecule has 2 atom stereocenters. The van der Waals surface area contributed by atoms with Gasteiger partial charge in [0.2, 0.25) is 0 Å². The third kappa shape index (κ3) is 2.21. The Hall–Kier alpha value is 0.310. The molecular formula is C11H21NS. The summed E-state index contributed by atoms with van der Waals surface area (Å²) >= 11 is 2.20. The summed E-state index contributed by atoms with van der Waals surface area (Å²) in [5.41, 5.74) is 0. The fourth-order valence-electron chi connectivity index (χ4n) is 2.63. The Bertz CT molecular complexity index is 155. The number of nitrogens with one attached hydrogen (secondary N) is 1. The highest BCUT2D eigenvalue weighted by Gasteiger charge is 2.37. The topological polar surface area (TPSA) is 12.0 Å². The zero-order valence-corrected chi connectivity index (χ0v) is 9.46. The summed E-state index contributed by atoms with van der Waals surface area (Å²) in [4.78, 5) is 0. The molecule has 76 valence electrons. The normalized spacial score (nSPS) is 41.8. The van der Waals surface area contributed by atoms with Crippen LogP contribution in [0.5, 0.6) is 0 Å². The van der Waals surface area contributed by atoms with Crippen LogP contribution in [0.2, 0.25) is 0 Å². The van der Waals surface area contributed by atoms with Crippen LogP contribution in [0.3, 0.4) is 0 Å². The van der Waals surface area contributed by atoms with E-state index in [9.17, 15) is 0 Å². The van der Waals surface area contributed by atoms with Crippen LogP contribution in [0.25, 0.3) is 0 Å². The molecule has 2 aliphatic rings. The fraction of sp³-hybridized carbons (Fsp3) is 1.00. The van der Waals surface area contributed by atoms with Crippen LogP contribution in [0.1, 0.15) is 45.4 Å². The van der Waals surface area contributed by atoms with Gasteiger partial charge in [-0.2, -0.15) is 11.8 Å². The van der Waals surface area contributed by atoms with Crippen molar-refractivity contribution in [3.63, 3.8) is 0 Å². The Morgan fingerprint density at radius 3 is 2.92 bits per heavy atom. The van der Waals surface area contributed by atoms with E-state index in [0.29, 0.717) is 4.75 Å². The Morgan fingerprint density at radius 1 is 1.23 bits per heavy atom. The maximum Gasteiger partial charge on any atom is 0.0285 e. The molecule has 0 saturated carbocycles. The van der Waals surface area contributed by atoms with Crippen molar-refractivity contribution < 1.29 is 0 Å². The van der Waals surface area contributed by atoms with Gasteiger partial charge in [-0.25, -0.2) is 0 Å². The summed E-state index contributed by atoms with van der Waals surface area (Å²) in [5.74, 6) is 1.38. The molecule has 0 aromatic rings. The lowest BCUT2D eigenvalue weighted by Gasteiger charge is -2.33. The smallest absolute Gasteiger partial charge is 0.0285 e. The first-order valence-corrected chi connectivity index (χ1v) is 6.67. The monoisotopic (exact) mass is 199 g/mol. The number of thioether (sulfide) groups is 1. The molecule has 1 N–H and O–H groups in total. The molecule has 0 aromatic heterocycles. The molecule has 0 bridgehead atoms. The molecule has 2 fully saturated rings. The van der Waals surface area contributed by atoms with Crippen molar-refractivity contribution in [3.05, 3.63) is 0 Å². The van der Waals surface area contributed by atoms with Crippen molar-refractivity contribution in [3.8, 4) is 0 Å². The highest BCUT2D eigenvalue weighted by Crippen LogP contribution is 2.42. The second-order valence-corrected chi connectivity index (χ2v) is 6.25. The van der Waals surface area contributed by atoms with E-state index in [0.717, 1.165) is 6.04 Å². The van der Waals surface area contributed by atoms with Crippen LogP contribution in [0, 0.1) is 0 Å². The first-order chi connectivity index (χ1) is 6.31. The number of hydrogen-bond acceptors (Lipinski definition) is 2. The molecule has 0 aromatic carbocycles. The average Bonchev–Trinajstić information content (AvgIpc) is 2.44. The van der Waals surface area contributed by atoms with Crippen molar-refractivity contribution in [2.75, 3.05) is 12.3 Å². The quantitative estimate of drug-likeness (QED) is 0.697. The van der Waals surface area contributed by atoms with Crippen molar-refractivity contribution in [2.45, 2.75) is 56.2 Å². The molecule has 2 rings (SSSR count). The molecule has 0 spiro atoms. The van der Waals surface area contributed by atoms with Crippen LogP contribution >= 0.6 is 11.8 Å². The van der Waals surface area contributed by atoms with Gasteiger partial charge in [0.25, 0.3) is 0 Å². The SMILES string of the molecule is CC1(C2CCCCCN2)CCCS1. The molecular weight excluding hydrogens is 178 g/mol. The lowest BCUT2D eigenvalue weighted by molar-refractivity contribution is 0.396. The van der Waals surface area contributed by atoms with Gasteiger partial charge in [0.1, 0.15) is 0 Å². The largest absolute Gasteiger partial charge is 0.313 e. The molecule has 1 nitrogen and oxygen atoms in total. The second-order valence-electron chi connectivity index (χ2n) is 4.62. The maximum absolute atomic E-state index is 3.74. The third-order valence-electron chi connectivity index (χ3n) is 3.55. The van der Waals surface area contributed by atoms with E-state index in [2.05, 4.69) is 24.0 Å². The van der Waals surface area contributed by atoms with Crippen LogP contribution < -0.4 is 5.32 Å². The summed E-state index contributed by atoms with van der Waals surface area (Å²) in [5, 5.41) is 3.74. The lowest BCUT2D eigenvalue weighted by Crippen LogP contribution is -2.44.